The van der Waals surface area contributed by atoms with E-state index in [0.717, 1.165) is 6.42 Å². The van der Waals surface area contributed by atoms with Gasteiger partial charge in [0.15, 0.2) is 0 Å². The highest BCUT2D eigenvalue weighted by Gasteiger charge is 1.74. The van der Waals surface area contributed by atoms with Gasteiger partial charge in [-0.15, -0.1) is 0 Å². The Labute approximate surface area is 58.4 Å². The van der Waals surface area contributed by atoms with Crippen molar-refractivity contribution in [3.05, 3.63) is 22.3 Å². The van der Waals surface area contributed by atoms with Crippen LogP contribution in [0.3, 0.4) is 0 Å². The summed E-state index contributed by atoms with van der Waals surface area (Å²) in [6.07, 6.45) is 5.09. The van der Waals surface area contributed by atoms with Crippen LogP contribution in [-0.2, 0) is 0 Å². The lowest BCUT2D eigenvalue weighted by Gasteiger charge is -1.80. The second-order valence-corrected chi connectivity index (χ2v) is 2.45. The molecule has 0 heterocycles. The summed E-state index contributed by atoms with van der Waals surface area (Å²) in [6, 6.07) is 0. The molecule has 0 aromatic rings. The standard InChI is InChI=1S/C6H9I/c1-3-5-6(7)4-2/h4-5H,2-3H2,1H3/b6-5-. The van der Waals surface area contributed by atoms with Crippen LogP contribution in [0.4, 0.5) is 0 Å². The molecular formula is C6H9I. The number of hydrogen-bond donors (Lipinski definition) is 0. The van der Waals surface area contributed by atoms with Gasteiger partial charge in [0.25, 0.3) is 0 Å². The first-order valence-corrected chi connectivity index (χ1v) is 3.37. The molecule has 0 aliphatic heterocycles. The maximum absolute atomic E-state index is 3.60. The van der Waals surface area contributed by atoms with Gasteiger partial charge in [-0.05, 0) is 29.0 Å². The Bertz CT molecular complexity index is 82.2. The van der Waals surface area contributed by atoms with E-state index in [9.17, 15) is 0 Å². The molecule has 0 spiro atoms. The summed E-state index contributed by atoms with van der Waals surface area (Å²) in [5.41, 5.74) is 0. The quantitative estimate of drug-likeness (QED) is 0.483. The Morgan fingerprint density at radius 2 is 2.43 bits per heavy atom. The van der Waals surface area contributed by atoms with Crippen molar-refractivity contribution in [2.45, 2.75) is 13.3 Å². The maximum Gasteiger partial charge on any atom is 0.00839 e. The lowest BCUT2D eigenvalue weighted by molar-refractivity contribution is 1.22. The van der Waals surface area contributed by atoms with E-state index in [0.29, 0.717) is 0 Å². The number of rotatable bonds is 2. The molecule has 0 fully saturated rings. The van der Waals surface area contributed by atoms with E-state index in [1.54, 1.807) is 0 Å². The van der Waals surface area contributed by atoms with Crippen LogP contribution in [0.15, 0.2) is 22.3 Å². The Hall–Kier alpha value is 0.210. The smallest absolute Gasteiger partial charge is 0.00839 e. The van der Waals surface area contributed by atoms with Crippen LogP contribution >= 0.6 is 22.6 Å². The normalized spacial score (nSPS) is 11.4. The van der Waals surface area contributed by atoms with Crippen LogP contribution < -0.4 is 0 Å². The Balaban J connectivity index is 3.49. The predicted molar refractivity (Wildman–Crippen MR) is 42.6 cm³/mol. The van der Waals surface area contributed by atoms with Crippen LogP contribution in [-0.4, -0.2) is 0 Å². The molecule has 0 radical (unpaired) electrons. The fraction of sp³-hybridized carbons (Fsp3) is 0.333. The summed E-state index contributed by atoms with van der Waals surface area (Å²) >= 11 is 2.25. The van der Waals surface area contributed by atoms with Crippen LogP contribution in [0.25, 0.3) is 0 Å². The van der Waals surface area contributed by atoms with E-state index in [1.807, 2.05) is 6.08 Å². The van der Waals surface area contributed by atoms with Gasteiger partial charge in [0, 0.05) is 3.58 Å². The molecule has 1 heteroatoms. The van der Waals surface area contributed by atoms with Gasteiger partial charge in [-0.25, -0.2) is 0 Å². The number of hydrogen-bond acceptors (Lipinski definition) is 0. The molecule has 0 rings (SSSR count). The predicted octanol–water partition coefficient (Wildman–Crippen LogP) is 2.90. The molecule has 7 heavy (non-hydrogen) atoms. The Kier molecular flexibility index (Phi) is 4.50. The molecule has 0 nitrogen and oxygen atoms in total. The maximum atomic E-state index is 3.60. The second kappa shape index (κ2) is 4.37. The van der Waals surface area contributed by atoms with Crippen molar-refractivity contribution in [2.24, 2.45) is 0 Å². The average Bonchev–Trinajstić information content (AvgIpc) is 1.68. The van der Waals surface area contributed by atoms with E-state index < -0.39 is 0 Å². The van der Waals surface area contributed by atoms with Gasteiger partial charge >= 0.3 is 0 Å². The molecule has 0 aromatic carbocycles. The van der Waals surface area contributed by atoms with Gasteiger partial charge in [0.1, 0.15) is 0 Å². The van der Waals surface area contributed by atoms with Crippen molar-refractivity contribution in [3.8, 4) is 0 Å². The largest absolute Gasteiger partial charge is 0.0980 e. The summed E-state index contributed by atoms with van der Waals surface area (Å²) < 4.78 is 1.24. The van der Waals surface area contributed by atoms with E-state index in [1.165, 1.54) is 3.58 Å². The van der Waals surface area contributed by atoms with Crippen molar-refractivity contribution in [2.75, 3.05) is 0 Å². The topological polar surface area (TPSA) is 0 Å². The number of halogens is 1. The lowest BCUT2D eigenvalue weighted by atomic mass is 10.4. The highest BCUT2D eigenvalue weighted by molar-refractivity contribution is 14.1. The third kappa shape index (κ3) is 4.05. The fourth-order valence-corrected chi connectivity index (χ4v) is 0.719. The highest BCUT2D eigenvalue weighted by Crippen LogP contribution is 2.05. The first-order valence-electron chi connectivity index (χ1n) is 2.29. The molecule has 0 unspecified atom stereocenters. The first kappa shape index (κ1) is 7.21. The van der Waals surface area contributed by atoms with Crippen LogP contribution in [0.5, 0.6) is 0 Å². The van der Waals surface area contributed by atoms with Gasteiger partial charge < -0.3 is 0 Å². The summed E-state index contributed by atoms with van der Waals surface area (Å²) in [5.74, 6) is 0. The van der Waals surface area contributed by atoms with Gasteiger partial charge in [-0.3, -0.25) is 0 Å². The van der Waals surface area contributed by atoms with Gasteiger partial charge in [-0.2, -0.15) is 0 Å². The summed E-state index contributed by atoms with van der Waals surface area (Å²) in [5, 5.41) is 0. The SMILES string of the molecule is C=C/C(I)=C/CC. The van der Waals surface area contributed by atoms with E-state index in [2.05, 4.69) is 42.2 Å². The molecule has 0 aliphatic carbocycles. The zero-order valence-corrected chi connectivity index (χ0v) is 6.60. The van der Waals surface area contributed by atoms with Crippen molar-refractivity contribution < 1.29 is 0 Å². The molecule has 0 atom stereocenters. The van der Waals surface area contributed by atoms with Gasteiger partial charge in [0.2, 0.25) is 0 Å². The molecule has 0 aliphatic rings. The van der Waals surface area contributed by atoms with E-state index in [4.69, 9.17) is 0 Å². The third-order valence-corrected chi connectivity index (χ3v) is 1.47. The fourth-order valence-electron chi connectivity index (χ4n) is 0.278. The molecule has 0 saturated heterocycles. The van der Waals surface area contributed by atoms with Crippen molar-refractivity contribution in [3.63, 3.8) is 0 Å². The second-order valence-electron chi connectivity index (χ2n) is 1.20. The van der Waals surface area contributed by atoms with Crippen LogP contribution in [0.1, 0.15) is 13.3 Å². The van der Waals surface area contributed by atoms with Crippen molar-refractivity contribution in [1.29, 1.82) is 0 Å². The van der Waals surface area contributed by atoms with Crippen LogP contribution in [0, 0.1) is 0 Å². The number of allylic oxidation sites excluding steroid dienone is 3. The molecule has 40 valence electrons. The zero-order chi connectivity index (χ0) is 5.70. The molecule has 0 aromatic heterocycles. The average molecular weight is 208 g/mol. The van der Waals surface area contributed by atoms with E-state index in [-0.39, 0.29) is 0 Å². The van der Waals surface area contributed by atoms with Crippen LogP contribution in [0.2, 0.25) is 0 Å². The zero-order valence-electron chi connectivity index (χ0n) is 4.45. The van der Waals surface area contributed by atoms with Crippen molar-refractivity contribution >= 4 is 22.6 Å². The summed E-state index contributed by atoms with van der Waals surface area (Å²) in [7, 11) is 0. The Morgan fingerprint density at radius 3 is 2.57 bits per heavy atom. The monoisotopic (exact) mass is 208 g/mol. The first-order chi connectivity index (χ1) is 3.31. The third-order valence-electron chi connectivity index (χ3n) is 0.594. The summed E-state index contributed by atoms with van der Waals surface area (Å²) in [6.45, 7) is 5.72. The minimum absolute atomic E-state index is 1.10. The Morgan fingerprint density at radius 1 is 1.86 bits per heavy atom. The minimum Gasteiger partial charge on any atom is -0.0980 e. The molecule has 0 bridgehead atoms. The highest BCUT2D eigenvalue weighted by atomic mass is 127. The molecule has 0 saturated carbocycles. The van der Waals surface area contributed by atoms with E-state index >= 15 is 0 Å². The minimum atomic E-state index is 1.10. The molecular weight excluding hydrogens is 199 g/mol. The van der Waals surface area contributed by atoms with Crippen molar-refractivity contribution in [1.82, 2.24) is 0 Å². The molecule has 0 amide bonds. The van der Waals surface area contributed by atoms with Gasteiger partial charge in [-0.1, -0.05) is 25.7 Å². The summed E-state index contributed by atoms with van der Waals surface area (Å²) in [4.78, 5) is 0. The van der Waals surface area contributed by atoms with Gasteiger partial charge in [0.05, 0.1) is 0 Å². The lowest BCUT2D eigenvalue weighted by Crippen LogP contribution is -1.56. The molecule has 0 N–H and O–H groups in total.